The molecule has 0 heterocycles. The molecule has 1 saturated carbocycles. The van der Waals surface area contributed by atoms with E-state index < -0.39 is 23.6 Å². The molecule has 1 aromatic rings. The van der Waals surface area contributed by atoms with Crippen molar-refractivity contribution >= 4 is 11.8 Å². The van der Waals surface area contributed by atoms with E-state index in [2.05, 4.69) is 5.32 Å². The number of hydrogen-bond acceptors (Lipinski definition) is 3. The third kappa shape index (κ3) is 4.99. The number of amides is 2. The average Bonchev–Trinajstić information content (AvgIpc) is 2.99. The quantitative estimate of drug-likeness (QED) is 0.796. The molecule has 0 aliphatic heterocycles. The molecule has 0 bridgehead atoms. The van der Waals surface area contributed by atoms with Gasteiger partial charge in [-0.15, -0.1) is 0 Å². The Hall–Kier alpha value is -2.02. The summed E-state index contributed by atoms with van der Waals surface area (Å²) in [5, 5.41) is 2.69. The number of benzene rings is 1. The molecule has 0 radical (unpaired) electrons. The van der Waals surface area contributed by atoms with Crippen LogP contribution in [0.5, 0.6) is 0 Å². The fourth-order valence-electron chi connectivity index (χ4n) is 3.19. The van der Waals surface area contributed by atoms with Crippen LogP contribution < -0.4 is 11.1 Å². The molecule has 1 fully saturated rings. The highest BCUT2D eigenvalue weighted by Gasteiger charge is 2.26. The third-order valence-corrected chi connectivity index (χ3v) is 4.35. The van der Waals surface area contributed by atoms with Gasteiger partial charge in [-0.25, -0.2) is 8.78 Å². The highest BCUT2D eigenvalue weighted by molar-refractivity contribution is 5.80. The van der Waals surface area contributed by atoms with Crippen molar-refractivity contribution in [2.45, 2.75) is 44.7 Å². The standard InChI is InChI=1S/C17H23F2N3O2/c1-11(14-7-6-12(18)8-15(14)19)21-17(24)10-22(9-16(20)23)13-4-2-3-5-13/h6-8,11,13H,2-5,9-10H2,1H3,(H2,20,23)(H,21,24). The maximum Gasteiger partial charge on any atom is 0.234 e. The zero-order valence-corrected chi connectivity index (χ0v) is 13.7. The van der Waals surface area contributed by atoms with Crippen molar-refractivity contribution in [3.8, 4) is 0 Å². The highest BCUT2D eigenvalue weighted by atomic mass is 19.1. The summed E-state index contributed by atoms with van der Waals surface area (Å²) in [6.45, 7) is 1.68. The Labute approximate surface area is 140 Å². The number of hydrogen-bond donors (Lipinski definition) is 2. The molecule has 7 heteroatoms. The monoisotopic (exact) mass is 339 g/mol. The highest BCUT2D eigenvalue weighted by Crippen LogP contribution is 2.23. The number of primary amides is 1. The van der Waals surface area contributed by atoms with Crippen LogP contribution in [0, 0.1) is 11.6 Å². The Morgan fingerprint density at radius 3 is 2.54 bits per heavy atom. The van der Waals surface area contributed by atoms with Crippen molar-refractivity contribution in [3.63, 3.8) is 0 Å². The second kappa shape index (κ2) is 8.19. The topological polar surface area (TPSA) is 75.4 Å². The predicted molar refractivity (Wildman–Crippen MR) is 85.9 cm³/mol. The van der Waals surface area contributed by atoms with Gasteiger partial charge >= 0.3 is 0 Å². The van der Waals surface area contributed by atoms with E-state index >= 15 is 0 Å². The first kappa shape index (κ1) is 18.3. The van der Waals surface area contributed by atoms with Crippen LogP contribution in [0.2, 0.25) is 0 Å². The second-order valence-corrected chi connectivity index (χ2v) is 6.26. The molecule has 2 amide bonds. The first-order valence-electron chi connectivity index (χ1n) is 8.13. The van der Waals surface area contributed by atoms with Gasteiger partial charge in [0.1, 0.15) is 11.6 Å². The van der Waals surface area contributed by atoms with E-state index in [4.69, 9.17) is 5.73 Å². The van der Waals surface area contributed by atoms with Crippen molar-refractivity contribution in [1.82, 2.24) is 10.2 Å². The molecule has 1 unspecified atom stereocenters. The van der Waals surface area contributed by atoms with Crippen LogP contribution in [0.25, 0.3) is 0 Å². The number of nitrogens with two attached hydrogens (primary N) is 1. The van der Waals surface area contributed by atoms with Gasteiger partial charge in [0.15, 0.2) is 0 Å². The lowest BCUT2D eigenvalue weighted by atomic mass is 10.1. The van der Waals surface area contributed by atoms with E-state index in [-0.39, 0.29) is 30.6 Å². The van der Waals surface area contributed by atoms with Gasteiger partial charge in [-0.1, -0.05) is 18.9 Å². The molecule has 1 atom stereocenters. The maximum atomic E-state index is 13.8. The predicted octanol–water partition coefficient (Wildman–Crippen LogP) is 1.87. The summed E-state index contributed by atoms with van der Waals surface area (Å²) in [5.74, 6) is -2.16. The van der Waals surface area contributed by atoms with Crippen molar-refractivity contribution in [2.24, 2.45) is 5.73 Å². The lowest BCUT2D eigenvalue weighted by Gasteiger charge is -2.27. The Balaban J connectivity index is 1.97. The number of rotatable bonds is 7. The minimum Gasteiger partial charge on any atom is -0.369 e. The van der Waals surface area contributed by atoms with E-state index in [1.165, 1.54) is 6.07 Å². The van der Waals surface area contributed by atoms with Crippen LogP contribution in [0.4, 0.5) is 8.78 Å². The molecule has 5 nitrogen and oxygen atoms in total. The summed E-state index contributed by atoms with van der Waals surface area (Å²) < 4.78 is 26.7. The van der Waals surface area contributed by atoms with E-state index in [1.807, 2.05) is 0 Å². The maximum absolute atomic E-state index is 13.8. The van der Waals surface area contributed by atoms with E-state index in [0.29, 0.717) is 0 Å². The normalized spacial score (nSPS) is 16.3. The molecular formula is C17H23F2N3O2. The minimum atomic E-state index is -0.701. The van der Waals surface area contributed by atoms with Gasteiger partial charge in [-0.05, 0) is 25.8 Å². The van der Waals surface area contributed by atoms with Gasteiger partial charge in [0.05, 0.1) is 19.1 Å². The number of carbonyl (C=O) groups excluding carboxylic acids is 2. The second-order valence-electron chi connectivity index (χ2n) is 6.26. The molecule has 24 heavy (non-hydrogen) atoms. The van der Waals surface area contributed by atoms with Crippen LogP contribution in [0.15, 0.2) is 18.2 Å². The minimum absolute atomic E-state index is 0.0252. The average molecular weight is 339 g/mol. The van der Waals surface area contributed by atoms with Crippen LogP contribution in [0.3, 0.4) is 0 Å². The zero-order valence-electron chi connectivity index (χ0n) is 13.7. The molecule has 3 N–H and O–H groups in total. The molecular weight excluding hydrogens is 316 g/mol. The van der Waals surface area contributed by atoms with E-state index in [1.54, 1.807) is 11.8 Å². The molecule has 132 valence electrons. The zero-order chi connectivity index (χ0) is 17.7. The fourth-order valence-corrected chi connectivity index (χ4v) is 3.19. The number of nitrogens with one attached hydrogen (secondary N) is 1. The Bertz CT molecular complexity index is 603. The summed E-state index contributed by atoms with van der Waals surface area (Å²) in [4.78, 5) is 25.3. The lowest BCUT2D eigenvalue weighted by molar-refractivity contribution is -0.125. The number of halogens is 2. The Kier molecular flexibility index (Phi) is 6.25. The molecule has 0 spiro atoms. The van der Waals surface area contributed by atoms with Crippen molar-refractivity contribution in [1.29, 1.82) is 0 Å². The number of carbonyl (C=O) groups is 2. The third-order valence-electron chi connectivity index (χ3n) is 4.35. The van der Waals surface area contributed by atoms with Gasteiger partial charge in [-0.2, -0.15) is 0 Å². The Morgan fingerprint density at radius 2 is 1.96 bits per heavy atom. The van der Waals surface area contributed by atoms with Gasteiger partial charge in [0.2, 0.25) is 11.8 Å². The van der Waals surface area contributed by atoms with Crippen LogP contribution in [0.1, 0.15) is 44.2 Å². The van der Waals surface area contributed by atoms with Gasteiger partial charge in [0.25, 0.3) is 0 Å². The first-order valence-corrected chi connectivity index (χ1v) is 8.13. The molecule has 1 aliphatic rings. The van der Waals surface area contributed by atoms with Crippen LogP contribution >= 0.6 is 0 Å². The van der Waals surface area contributed by atoms with Gasteiger partial charge in [0, 0.05) is 17.7 Å². The van der Waals surface area contributed by atoms with E-state index in [0.717, 1.165) is 37.8 Å². The summed E-state index contributed by atoms with van der Waals surface area (Å²) in [6.07, 6.45) is 4.00. The molecule has 1 aliphatic carbocycles. The van der Waals surface area contributed by atoms with Crippen LogP contribution in [-0.4, -0.2) is 35.8 Å². The van der Waals surface area contributed by atoms with Crippen molar-refractivity contribution < 1.29 is 18.4 Å². The summed E-state index contributed by atoms with van der Waals surface area (Å²) >= 11 is 0. The summed E-state index contributed by atoms with van der Waals surface area (Å²) in [5.41, 5.74) is 5.48. The Morgan fingerprint density at radius 1 is 1.29 bits per heavy atom. The molecule has 0 aromatic heterocycles. The summed E-state index contributed by atoms with van der Waals surface area (Å²) in [7, 11) is 0. The molecule has 0 saturated heterocycles. The van der Waals surface area contributed by atoms with Crippen molar-refractivity contribution in [2.75, 3.05) is 13.1 Å². The fraction of sp³-hybridized carbons (Fsp3) is 0.529. The van der Waals surface area contributed by atoms with Gasteiger partial charge in [-0.3, -0.25) is 14.5 Å². The largest absolute Gasteiger partial charge is 0.369 e. The van der Waals surface area contributed by atoms with Crippen LogP contribution in [-0.2, 0) is 9.59 Å². The first-order chi connectivity index (χ1) is 11.4. The van der Waals surface area contributed by atoms with E-state index in [9.17, 15) is 18.4 Å². The summed E-state index contributed by atoms with van der Waals surface area (Å²) in [6, 6.07) is 2.82. The lowest BCUT2D eigenvalue weighted by Crippen LogP contribution is -2.46. The molecule has 1 aromatic carbocycles. The van der Waals surface area contributed by atoms with Gasteiger partial charge < -0.3 is 11.1 Å². The van der Waals surface area contributed by atoms with Crippen molar-refractivity contribution in [3.05, 3.63) is 35.4 Å². The smallest absolute Gasteiger partial charge is 0.234 e. The SMILES string of the molecule is CC(NC(=O)CN(CC(N)=O)C1CCCC1)c1ccc(F)cc1F. The molecule has 2 rings (SSSR count). The number of nitrogens with zero attached hydrogens (tertiary/aromatic N) is 1.